The molecule has 0 saturated heterocycles. The quantitative estimate of drug-likeness (QED) is 0.845. The van der Waals surface area contributed by atoms with E-state index < -0.39 is 10.0 Å². The first kappa shape index (κ1) is 15.9. The lowest BCUT2D eigenvalue weighted by atomic mass is 9.80. The Morgan fingerprint density at radius 2 is 2.05 bits per heavy atom. The van der Waals surface area contributed by atoms with Gasteiger partial charge in [0.15, 0.2) is 0 Å². The molecular weight excluding hydrogens is 290 g/mol. The number of hydrogen-bond acceptors (Lipinski definition) is 5. The third kappa shape index (κ3) is 4.00. The van der Waals surface area contributed by atoms with Gasteiger partial charge in [0, 0.05) is 19.3 Å². The average Bonchev–Trinajstić information content (AvgIpc) is 2.53. The van der Waals surface area contributed by atoms with Crippen molar-refractivity contribution in [2.45, 2.75) is 30.6 Å². The molecule has 7 heteroatoms. The van der Waals surface area contributed by atoms with Crippen LogP contribution < -0.4 is 4.72 Å². The van der Waals surface area contributed by atoms with E-state index in [4.69, 9.17) is 5.26 Å². The summed E-state index contributed by atoms with van der Waals surface area (Å²) in [6.07, 6.45) is 5.22. The summed E-state index contributed by atoms with van der Waals surface area (Å²) in [5.74, 6) is 0.338. The number of sulfonamides is 1. The van der Waals surface area contributed by atoms with Crippen molar-refractivity contribution < 1.29 is 13.5 Å². The number of hydrogen-bond donors (Lipinski definition) is 2. The van der Waals surface area contributed by atoms with E-state index in [-0.39, 0.29) is 29.0 Å². The normalized spacial score (nSPS) is 22.7. The second kappa shape index (κ2) is 6.98. The van der Waals surface area contributed by atoms with E-state index >= 15 is 0 Å². The third-order valence-electron chi connectivity index (χ3n) is 4.00. The molecule has 0 radical (unpaired) electrons. The van der Waals surface area contributed by atoms with Crippen molar-refractivity contribution in [2.75, 3.05) is 13.2 Å². The molecule has 2 N–H and O–H groups in total. The number of aliphatic hydroxyl groups is 1. The summed E-state index contributed by atoms with van der Waals surface area (Å²) in [5.41, 5.74) is 0.182. The summed E-state index contributed by atoms with van der Waals surface area (Å²) in [4.78, 5) is 3.82. The summed E-state index contributed by atoms with van der Waals surface area (Å²) >= 11 is 0. The molecule has 1 heterocycles. The minimum Gasteiger partial charge on any atom is -0.396 e. The molecule has 1 aromatic heterocycles. The van der Waals surface area contributed by atoms with E-state index in [2.05, 4.69) is 9.71 Å². The van der Waals surface area contributed by atoms with Crippen molar-refractivity contribution in [3.05, 3.63) is 24.0 Å². The van der Waals surface area contributed by atoms with Gasteiger partial charge in [-0.2, -0.15) is 5.26 Å². The first-order chi connectivity index (χ1) is 10.1. The van der Waals surface area contributed by atoms with Gasteiger partial charge in [-0.1, -0.05) is 12.8 Å². The molecule has 1 aromatic rings. The van der Waals surface area contributed by atoms with E-state index in [0.717, 1.165) is 25.7 Å². The number of nitrogens with one attached hydrogen (secondary N) is 1. The molecule has 2 unspecified atom stereocenters. The van der Waals surface area contributed by atoms with Crippen LogP contribution in [0.1, 0.15) is 31.4 Å². The lowest BCUT2D eigenvalue weighted by Crippen LogP contribution is -2.35. The van der Waals surface area contributed by atoms with Gasteiger partial charge >= 0.3 is 0 Å². The van der Waals surface area contributed by atoms with E-state index in [1.807, 2.05) is 6.07 Å². The summed E-state index contributed by atoms with van der Waals surface area (Å²) in [6, 6.07) is 4.60. The standard InChI is InChI=1S/C14H19N3O3S/c15-7-13-5-6-14(9-16-13)21(19,20)17-8-11-3-1-2-4-12(11)10-18/h5-6,9,11-12,17-18H,1-4,8,10H2. The van der Waals surface area contributed by atoms with Gasteiger partial charge in [-0.05, 0) is 36.8 Å². The minimum atomic E-state index is -3.62. The topological polar surface area (TPSA) is 103 Å². The van der Waals surface area contributed by atoms with Crippen molar-refractivity contribution in [2.24, 2.45) is 11.8 Å². The fourth-order valence-corrected chi connectivity index (χ4v) is 3.74. The smallest absolute Gasteiger partial charge is 0.242 e. The maximum atomic E-state index is 12.2. The molecule has 1 aliphatic carbocycles. The lowest BCUT2D eigenvalue weighted by molar-refractivity contribution is 0.136. The van der Waals surface area contributed by atoms with Gasteiger partial charge in [-0.15, -0.1) is 0 Å². The zero-order valence-electron chi connectivity index (χ0n) is 11.7. The van der Waals surface area contributed by atoms with Crippen LogP contribution in [0.15, 0.2) is 23.2 Å². The number of pyridine rings is 1. The highest BCUT2D eigenvalue weighted by atomic mass is 32.2. The molecule has 2 atom stereocenters. The van der Waals surface area contributed by atoms with Crippen molar-refractivity contribution in [3.8, 4) is 6.07 Å². The molecule has 0 amide bonds. The summed E-state index contributed by atoms with van der Waals surface area (Å²) in [7, 11) is -3.62. The molecule has 0 aliphatic heterocycles. The van der Waals surface area contributed by atoms with Crippen molar-refractivity contribution in [1.82, 2.24) is 9.71 Å². The average molecular weight is 309 g/mol. The predicted molar refractivity (Wildman–Crippen MR) is 76.7 cm³/mol. The molecule has 1 saturated carbocycles. The van der Waals surface area contributed by atoms with Gasteiger partial charge in [-0.3, -0.25) is 0 Å². The highest BCUT2D eigenvalue weighted by Crippen LogP contribution is 2.29. The van der Waals surface area contributed by atoms with E-state index in [9.17, 15) is 13.5 Å². The van der Waals surface area contributed by atoms with Crippen LogP contribution in [-0.2, 0) is 10.0 Å². The van der Waals surface area contributed by atoms with Crippen molar-refractivity contribution in [1.29, 1.82) is 5.26 Å². The fraction of sp³-hybridized carbons (Fsp3) is 0.571. The Hall–Kier alpha value is -1.49. The van der Waals surface area contributed by atoms with Gasteiger partial charge in [0.1, 0.15) is 16.7 Å². The molecule has 114 valence electrons. The summed E-state index contributed by atoms with van der Waals surface area (Å²) < 4.78 is 26.9. The number of nitrogens with zero attached hydrogens (tertiary/aromatic N) is 2. The maximum absolute atomic E-state index is 12.2. The van der Waals surface area contributed by atoms with Crippen LogP contribution in [-0.4, -0.2) is 31.7 Å². The number of aliphatic hydroxyl groups excluding tert-OH is 1. The van der Waals surface area contributed by atoms with Crippen LogP contribution in [0.5, 0.6) is 0 Å². The van der Waals surface area contributed by atoms with Gasteiger partial charge in [0.05, 0.1) is 0 Å². The fourth-order valence-electron chi connectivity index (χ4n) is 2.70. The predicted octanol–water partition coefficient (Wildman–Crippen LogP) is 1.03. The molecule has 0 bridgehead atoms. The SMILES string of the molecule is N#Cc1ccc(S(=O)(=O)NCC2CCCCC2CO)cn1. The van der Waals surface area contributed by atoms with Crippen LogP contribution in [0.25, 0.3) is 0 Å². The molecule has 0 aromatic carbocycles. The van der Waals surface area contributed by atoms with E-state index in [1.165, 1.54) is 18.3 Å². The highest BCUT2D eigenvalue weighted by Gasteiger charge is 2.26. The lowest BCUT2D eigenvalue weighted by Gasteiger charge is -2.30. The Morgan fingerprint density at radius 1 is 1.33 bits per heavy atom. The molecule has 6 nitrogen and oxygen atoms in total. The monoisotopic (exact) mass is 309 g/mol. The molecule has 1 fully saturated rings. The summed E-state index contributed by atoms with van der Waals surface area (Å²) in [5, 5.41) is 18.0. The zero-order valence-corrected chi connectivity index (χ0v) is 12.5. The van der Waals surface area contributed by atoms with Crippen LogP contribution >= 0.6 is 0 Å². The second-order valence-electron chi connectivity index (χ2n) is 5.33. The zero-order chi connectivity index (χ0) is 15.3. The van der Waals surface area contributed by atoms with Crippen LogP contribution in [0, 0.1) is 23.2 Å². The largest absolute Gasteiger partial charge is 0.396 e. The molecule has 21 heavy (non-hydrogen) atoms. The highest BCUT2D eigenvalue weighted by molar-refractivity contribution is 7.89. The Bertz CT molecular complexity index is 607. The summed E-state index contributed by atoms with van der Waals surface area (Å²) in [6.45, 7) is 0.429. The van der Waals surface area contributed by atoms with Gasteiger partial charge in [0.2, 0.25) is 10.0 Å². The first-order valence-electron chi connectivity index (χ1n) is 7.03. The van der Waals surface area contributed by atoms with Crippen molar-refractivity contribution in [3.63, 3.8) is 0 Å². The maximum Gasteiger partial charge on any atom is 0.242 e. The Morgan fingerprint density at radius 3 is 2.62 bits per heavy atom. The third-order valence-corrected chi connectivity index (χ3v) is 5.41. The number of rotatable bonds is 5. The second-order valence-corrected chi connectivity index (χ2v) is 7.10. The molecule has 1 aliphatic rings. The minimum absolute atomic E-state index is 0.0536. The van der Waals surface area contributed by atoms with Gasteiger partial charge < -0.3 is 5.11 Å². The van der Waals surface area contributed by atoms with E-state index in [0.29, 0.717) is 6.54 Å². The first-order valence-corrected chi connectivity index (χ1v) is 8.52. The Balaban J connectivity index is 2.01. The number of aromatic nitrogens is 1. The Kier molecular flexibility index (Phi) is 5.28. The van der Waals surface area contributed by atoms with Crippen LogP contribution in [0.2, 0.25) is 0 Å². The van der Waals surface area contributed by atoms with Crippen LogP contribution in [0.3, 0.4) is 0 Å². The van der Waals surface area contributed by atoms with Crippen molar-refractivity contribution >= 4 is 10.0 Å². The van der Waals surface area contributed by atoms with Crippen LogP contribution in [0.4, 0.5) is 0 Å². The van der Waals surface area contributed by atoms with E-state index in [1.54, 1.807) is 0 Å². The molecular formula is C14H19N3O3S. The molecule has 2 rings (SSSR count). The Labute approximate surface area is 124 Å². The number of nitriles is 1. The van der Waals surface area contributed by atoms with Gasteiger partial charge in [-0.25, -0.2) is 18.1 Å². The van der Waals surface area contributed by atoms with Gasteiger partial charge in [0.25, 0.3) is 0 Å². The molecule has 0 spiro atoms.